The highest BCUT2D eigenvalue weighted by atomic mass is 32.1. The highest BCUT2D eigenvalue weighted by Gasteiger charge is 2.53. The summed E-state index contributed by atoms with van der Waals surface area (Å²) in [6.07, 6.45) is -8.99. The van der Waals surface area contributed by atoms with E-state index in [0.29, 0.717) is 77.6 Å². The third-order valence-corrected chi connectivity index (χ3v) is 31.3. The zero-order valence-electron chi connectivity index (χ0n) is 83.6. The highest BCUT2D eigenvalue weighted by molar-refractivity contribution is 7.15. The minimum absolute atomic E-state index is 0.0415. The molecule has 3 fully saturated rings. The maximum atomic E-state index is 13.9. The molecule has 8 aromatic carbocycles. The molecule has 7 amide bonds. The molecular formula is C108H108F10N18O11S3. The molecular weight excluding hydrogens is 2010 g/mol. The molecule has 3 aromatic heterocycles. The molecule has 8 atom stereocenters. The van der Waals surface area contributed by atoms with Crippen LogP contribution in [0.15, 0.2) is 242 Å². The Labute approximate surface area is 870 Å². The van der Waals surface area contributed by atoms with E-state index in [9.17, 15) is 82.7 Å². The third kappa shape index (κ3) is 23.6. The average molecular weight is 2120 g/mol. The van der Waals surface area contributed by atoms with Gasteiger partial charge in [0.1, 0.15) is 56.5 Å². The largest absolute Gasteiger partial charge is 0.573 e. The monoisotopic (exact) mass is 2120 g/mol. The van der Waals surface area contributed by atoms with Gasteiger partial charge in [-0.1, -0.05) is 97.1 Å². The number of anilines is 2. The van der Waals surface area contributed by atoms with Gasteiger partial charge in [-0.2, -0.15) is 5.26 Å². The molecule has 784 valence electrons. The van der Waals surface area contributed by atoms with E-state index in [1.165, 1.54) is 146 Å². The van der Waals surface area contributed by atoms with Crippen molar-refractivity contribution in [1.82, 2.24) is 24.5 Å². The molecule has 7 aliphatic heterocycles. The van der Waals surface area contributed by atoms with Crippen molar-refractivity contribution in [1.29, 1.82) is 5.26 Å². The number of nitrogens with zero attached hydrogens (tertiary/aromatic N) is 13. The lowest BCUT2D eigenvalue weighted by atomic mass is 9.74. The number of hydrogen-bond acceptors (Lipinski definition) is 25. The Kier molecular flexibility index (Phi) is 31.1. The first-order valence-corrected chi connectivity index (χ1v) is 50.1. The molecule has 29 nitrogen and oxygen atoms in total. The van der Waals surface area contributed by atoms with Gasteiger partial charge in [0, 0.05) is 98.1 Å². The van der Waals surface area contributed by atoms with E-state index in [0.717, 1.165) is 77.1 Å². The number of nitrogens with two attached hydrogens (primary N) is 5. The van der Waals surface area contributed by atoms with Crippen LogP contribution >= 0.6 is 34.0 Å². The molecule has 150 heavy (non-hydrogen) atoms. The maximum absolute atomic E-state index is 13.9. The molecule has 10 heterocycles. The summed E-state index contributed by atoms with van der Waals surface area (Å²) in [5, 5.41) is 13.0. The maximum Gasteiger partial charge on any atom is 0.573 e. The fraction of sp³-hybridized carbons (Fsp3) is 0.324. The topological polar surface area (TPSA) is 395 Å². The predicted molar refractivity (Wildman–Crippen MR) is 553 cm³/mol. The number of amides is 7. The number of likely N-dealkylation sites (N-methyl/N-ethyl adjacent to an activating group) is 3. The Hall–Kier alpha value is -15.5. The molecule has 0 unspecified atom stereocenters. The molecule has 19 rings (SSSR count). The molecule has 11 aromatic rings. The summed E-state index contributed by atoms with van der Waals surface area (Å²) in [6, 6.07) is 59.4. The van der Waals surface area contributed by atoms with Gasteiger partial charge in [-0.05, 0) is 261 Å². The number of benzene rings is 8. The lowest BCUT2D eigenvalue weighted by Crippen LogP contribution is -2.52. The molecule has 42 heteroatoms. The quantitative estimate of drug-likeness (QED) is 0.0469. The van der Waals surface area contributed by atoms with Crippen LogP contribution in [0.1, 0.15) is 176 Å². The van der Waals surface area contributed by atoms with Gasteiger partial charge in [0.2, 0.25) is 41.4 Å². The number of thiophene rings is 3. The Morgan fingerprint density at radius 2 is 0.847 bits per heavy atom. The molecule has 0 radical (unpaired) electrons. The minimum Gasteiger partial charge on any atom is -0.494 e. The van der Waals surface area contributed by atoms with Crippen LogP contribution in [0, 0.1) is 24.1 Å². The molecule has 8 aliphatic rings. The minimum atomic E-state index is -4.85. The van der Waals surface area contributed by atoms with Crippen molar-refractivity contribution in [3.63, 3.8) is 0 Å². The number of nitriles is 1. The Morgan fingerprint density at radius 1 is 0.427 bits per heavy atom. The first kappa shape index (κ1) is 109. The first-order valence-electron chi connectivity index (χ1n) is 47.6. The predicted octanol–water partition coefficient (Wildman–Crippen LogP) is 19.3. The van der Waals surface area contributed by atoms with Crippen molar-refractivity contribution in [2.24, 2.45) is 53.6 Å². The number of hydrogen-bond donors (Lipinski definition) is 5. The number of carbonyl (C=O) groups is 7. The average Bonchev–Trinajstić information content (AvgIpc) is 0.797. The highest BCUT2D eigenvalue weighted by Crippen LogP contribution is 2.53. The van der Waals surface area contributed by atoms with Crippen LogP contribution in [-0.4, -0.2) is 170 Å². The Bertz CT molecular complexity index is 7050. The number of carbonyl (C=O) groups excluding carboxylic acids is 7. The second-order valence-corrected chi connectivity index (χ2v) is 40.9. The van der Waals surface area contributed by atoms with Crippen molar-refractivity contribution < 1.29 is 96.4 Å². The normalized spacial score (nSPS) is 22.5. The third-order valence-electron chi connectivity index (χ3n) is 27.4. The summed E-state index contributed by atoms with van der Waals surface area (Å²) in [4.78, 5) is 125. The van der Waals surface area contributed by atoms with E-state index in [1.807, 2.05) is 81.8 Å². The van der Waals surface area contributed by atoms with Gasteiger partial charge in [-0.3, -0.25) is 58.1 Å². The summed E-state index contributed by atoms with van der Waals surface area (Å²) in [5.74, 6) is -2.89. The number of guanidine groups is 5. The van der Waals surface area contributed by atoms with E-state index in [2.05, 4.69) is 64.5 Å². The van der Waals surface area contributed by atoms with Gasteiger partial charge in [-0.25, -0.2) is 29.4 Å². The second-order valence-electron chi connectivity index (χ2n) is 38.0. The van der Waals surface area contributed by atoms with Crippen molar-refractivity contribution in [2.75, 3.05) is 64.7 Å². The summed E-state index contributed by atoms with van der Waals surface area (Å²) >= 11 is 4.48. The van der Waals surface area contributed by atoms with Crippen LogP contribution in [0.2, 0.25) is 0 Å². The Balaban J connectivity index is 0.000000141. The van der Waals surface area contributed by atoms with E-state index in [-0.39, 0.29) is 95.6 Å². The van der Waals surface area contributed by atoms with Gasteiger partial charge in [-0.15, -0.1) is 73.5 Å². The zero-order valence-corrected chi connectivity index (χ0v) is 86.0. The summed E-state index contributed by atoms with van der Waals surface area (Å²) in [5.41, 5.74) is 36.0. The lowest BCUT2D eigenvalue weighted by molar-refractivity contribution is -0.275. The van der Waals surface area contributed by atoms with Crippen molar-refractivity contribution >= 4 is 117 Å². The van der Waals surface area contributed by atoms with Crippen molar-refractivity contribution in [3.05, 3.63) is 282 Å². The van der Waals surface area contributed by atoms with Crippen molar-refractivity contribution in [2.45, 2.75) is 170 Å². The van der Waals surface area contributed by atoms with Crippen LogP contribution < -0.4 is 57.4 Å². The molecule has 10 N–H and O–H groups in total. The fourth-order valence-corrected chi connectivity index (χ4v) is 22.6. The van der Waals surface area contributed by atoms with Crippen LogP contribution in [0.4, 0.5) is 55.3 Å². The molecule has 0 spiro atoms. The summed E-state index contributed by atoms with van der Waals surface area (Å²) in [7, 11) is 7.85. The van der Waals surface area contributed by atoms with Gasteiger partial charge >= 0.3 is 19.1 Å². The second kappa shape index (κ2) is 43.0. The summed E-state index contributed by atoms with van der Waals surface area (Å²) in [6.45, 7) is 14.5. The standard InChI is InChI=1S/C26H24N4OS.2C23H23F3N4O3.C18H18F3N3O2S.C18H20FN3O2S/c1-26(22-13-12-21(32-22)20-5-3-4-16(14-20)15-27)23(24(31)30(2)25(28)29-26)19-10-8-18(9-11-19)17-6-7-17;2*1-22(15-5-3-6-17(13-15)33-23(24,25)26)19(20(32)29(2)21(27)28-22)14-8-10-16(11-9-14)30-12-4-7-18(30)31;1-10-13(11-5-4-6-12(7-11)26-18(19,20)21)9-27-15(10)17(2)8-14(25)24(3)16(22)23-17;1-4-24-14-6-11(5-13(19)8-14)12-7-15(25-10-12)18(2)9-16(23)22(3)17(20)21-18/h3-5,8-14,17,23H,6-7H2,1-2H3,(H2,28,29);2*3,5-6,8-11,13,19H,4,7,12H2,1-2H3,(H2,27,28);4-7,9H,8H2,1-3H3,(H2,22,23);5-8,10H,4,9H2,1-3H3,(H2,20,21)/t23-,26-;19-,22+;19-,22-;17-;18-/m10100/s1. The number of aliphatic imine (C=N–C) groups is 5. The van der Waals surface area contributed by atoms with Crippen LogP contribution in [0.5, 0.6) is 23.0 Å². The van der Waals surface area contributed by atoms with Crippen molar-refractivity contribution in [3.8, 4) is 61.8 Å². The molecule has 1 saturated carbocycles. The van der Waals surface area contributed by atoms with Gasteiger partial charge in [0.25, 0.3) is 0 Å². The molecule has 1 aliphatic carbocycles. The number of ether oxygens (including phenoxy) is 4. The smallest absolute Gasteiger partial charge is 0.494 e. The zero-order chi connectivity index (χ0) is 109. The van der Waals surface area contributed by atoms with Gasteiger partial charge < -0.3 is 57.4 Å². The number of rotatable bonds is 19. The van der Waals surface area contributed by atoms with E-state index in [1.54, 1.807) is 135 Å². The van der Waals surface area contributed by atoms with E-state index < -0.39 is 76.0 Å². The van der Waals surface area contributed by atoms with Crippen LogP contribution in [-0.2, 0) is 61.3 Å². The SMILES string of the molecule is CCOc1cc(F)cc(-c2csc([C@]3(C)CC(=O)N(C)C(N)=N3)c2)c1.CN1C(=O)[C@@H](c2ccc(C3CC3)cc2)[C@@](C)(c2ccc(-c3cccc(C#N)c3)s2)N=C1N.CN1C(=O)[C@@H](c2ccc(N3CCCC3=O)cc2)[C@@](C)(c2cccc(OC(F)(F)F)c2)N=C1N.CN1C(=O)[C@H](c2ccc(N3CCCC3=O)cc2)[C@@](C)(c2cccc(OC(F)(F)F)c2)N=C1N.Cc1c(-c2cccc(OC(F)(F)F)c2)csc1[C@]1(C)CC(=O)N(C)C(N)=N1. The first-order chi connectivity index (χ1) is 70.7. The number of alkyl halides is 9. The van der Waals surface area contributed by atoms with Crippen LogP contribution in [0.25, 0.3) is 32.7 Å². The Morgan fingerprint density at radius 3 is 1.30 bits per heavy atom. The van der Waals surface area contributed by atoms with E-state index >= 15 is 0 Å². The molecule has 2 saturated heterocycles. The van der Waals surface area contributed by atoms with Gasteiger partial charge in [0.05, 0.1) is 48.8 Å². The molecule has 0 bridgehead atoms. The van der Waals surface area contributed by atoms with Gasteiger partial charge in [0.15, 0.2) is 29.8 Å². The summed E-state index contributed by atoms with van der Waals surface area (Å²) < 4.78 is 145. The number of halogens is 10. The fourth-order valence-electron chi connectivity index (χ4n) is 19.2. The van der Waals surface area contributed by atoms with Crippen LogP contribution in [0.3, 0.4) is 0 Å². The lowest BCUT2D eigenvalue weighted by Gasteiger charge is -2.41. The van der Waals surface area contributed by atoms with E-state index in [4.69, 9.17) is 38.4 Å².